The minimum absolute atomic E-state index is 0.165. The number of anilines is 1. The van der Waals surface area contributed by atoms with Crippen molar-refractivity contribution >= 4 is 27.2 Å². The molecule has 110 valence electrons. The van der Waals surface area contributed by atoms with Crippen LogP contribution in [-0.2, 0) is 0 Å². The minimum Gasteiger partial charge on any atom is -0.285 e. The van der Waals surface area contributed by atoms with Crippen LogP contribution in [0.5, 0.6) is 0 Å². The van der Waals surface area contributed by atoms with E-state index in [1.165, 1.54) is 0 Å². The summed E-state index contributed by atoms with van der Waals surface area (Å²) in [5, 5.41) is 7.45. The highest BCUT2D eigenvalue weighted by Crippen LogP contribution is 2.22. The molecule has 0 aromatic heterocycles. The molecule has 0 bridgehead atoms. The average Bonchev–Trinajstić information content (AvgIpc) is 2.84. The van der Waals surface area contributed by atoms with Gasteiger partial charge in [0.15, 0.2) is 0 Å². The highest BCUT2D eigenvalue weighted by molar-refractivity contribution is 5.93. The van der Waals surface area contributed by atoms with Crippen LogP contribution in [0.25, 0.3) is 21.5 Å². The Morgan fingerprint density at radius 2 is 1.30 bits per heavy atom. The highest BCUT2D eigenvalue weighted by Gasteiger charge is 2.09. The second kappa shape index (κ2) is 5.18. The smallest absolute Gasteiger partial charge is 0.254 e. The van der Waals surface area contributed by atoms with E-state index in [2.05, 4.69) is 10.5 Å². The van der Waals surface area contributed by atoms with Gasteiger partial charge in [0.05, 0.1) is 5.69 Å². The molecule has 0 heterocycles. The van der Waals surface area contributed by atoms with E-state index in [0.717, 1.165) is 16.5 Å². The van der Waals surface area contributed by atoms with Crippen LogP contribution < -0.4 is 21.6 Å². The maximum atomic E-state index is 12.1. The average molecular weight is 300 g/mol. The summed E-state index contributed by atoms with van der Waals surface area (Å²) in [6.07, 6.45) is 0. The summed E-state index contributed by atoms with van der Waals surface area (Å²) in [5.41, 5.74) is 2.66. The van der Waals surface area contributed by atoms with E-state index >= 15 is 0 Å². The first-order valence-electron chi connectivity index (χ1n) is 7.25. The van der Waals surface area contributed by atoms with Gasteiger partial charge in [-0.1, -0.05) is 60.7 Å². The minimum atomic E-state index is -0.570. The van der Waals surface area contributed by atoms with Crippen LogP contribution >= 0.6 is 0 Å². The zero-order chi connectivity index (χ0) is 15.8. The zero-order valence-corrected chi connectivity index (χ0v) is 12.1. The predicted molar refractivity (Wildman–Crippen MR) is 92.0 cm³/mol. The molecule has 0 unspecified atom stereocenters. The Morgan fingerprint density at radius 3 is 2.13 bits per heavy atom. The molecule has 0 aliphatic rings. The maximum Gasteiger partial charge on any atom is 0.254 e. The number of hydrogen-bond acceptors (Lipinski definition) is 4. The molecular formula is C19H12N2O2. The van der Waals surface area contributed by atoms with Crippen LogP contribution in [0.15, 0.2) is 81.4 Å². The van der Waals surface area contributed by atoms with Crippen LogP contribution in [0.1, 0.15) is 0 Å². The monoisotopic (exact) mass is 300 g/mol. The van der Waals surface area contributed by atoms with Crippen LogP contribution in [-0.4, -0.2) is 0 Å². The molecule has 0 fully saturated rings. The largest absolute Gasteiger partial charge is 0.285 e. The number of hydrogen-bond donors (Lipinski definition) is 1. The van der Waals surface area contributed by atoms with Crippen LogP contribution in [0.2, 0.25) is 0 Å². The van der Waals surface area contributed by atoms with E-state index < -0.39 is 10.9 Å². The normalized spacial score (nSPS) is 12.1. The van der Waals surface area contributed by atoms with Gasteiger partial charge in [-0.25, -0.2) is 0 Å². The van der Waals surface area contributed by atoms with Gasteiger partial charge in [0.1, 0.15) is 5.36 Å². The molecule has 0 saturated heterocycles. The van der Waals surface area contributed by atoms with Gasteiger partial charge in [-0.2, -0.15) is 5.10 Å². The Morgan fingerprint density at radius 1 is 0.652 bits per heavy atom. The van der Waals surface area contributed by atoms with E-state index in [1.807, 2.05) is 42.5 Å². The Kier molecular flexibility index (Phi) is 3.01. The summed E-state index contributed by atoms with van der Waals surface area (Å²) in [5.74, 6) is 0. The quantitative estimate of drug-likeness (QED) is 0.457. The summed E-state index contributed by atoms with van der Waals surface area (Å²) < 4.78 is 0. The van der Waals surface area contributed by atoms with E-state index in [0.29, 0.717) is 10.8 Å². The van der Waals surface area contributed by atoms with E-state index in [1.54, 1.807) is 24.3 Å². The Bertz CT molecular complexity index is 1180. The standard InChI is InChI=1S/C19H12N2O2/c22-18-15-10-4-3-9-14(15)17(19(18)23)21-20-16-11-5-7-12-6-1-2-8-13(12)16/h1-11,20H/b21-17+. The van der Waals surface area contributed by atoms with Crippen molar-refractivity contribution in [2.45, 2.75) is 0 Å². The van der Waals surface area contributed by atoms with Crippen molar-refractivity contribution in [3.05, 3.63) is 92.5 Å². The first kappa shape index (κ1) is 13.4. The van der Waals surface area contributed by atoms with E-state index in [9.17, 15) is 9.59 Å². The molecule has 0 spiro atoms. The molecule has 0 aliphatic carbocycles. The van der Waals surface area contributed by atoms with Gasteiger partial charge in [0.25, 0.3) is 5.43 Å². The molecule has 4 nitrogen and oxygen atoms in total. The van der Waals surface area contributed by atoms with Crippen LogP contribution in [0.3, 0.4) is 0 Å². The van der Waals surface area contributed by atoms with E-state index in [-0.39, 0.29) is 5.36 Å². The summed E-state index contributed by atoms with van der Waals surface area (Å²) in [6.45, 7) is 0. The van der Waals surface area contributed by atoms with Crippen molar-refractivity contribution in [1.29, 1.82) is 0 Å². The fourth-order valence-corrected chi connectivity index (χ4v) is 2.79. The van der Waals surface area contributed by atoms with Crippen molar-refractivity contribution in [2.75, 3.05) is 5.43 Å². The number of benzene rings is 3. The third-order valence-corrected chi connectivity index (χ3v) is 3.93. The number of fused-ring (bicyclic) bond motifs is 2. The fourth-order valence-electron chi connectivity index (χ4n) is 2.79. The maximum absolute atomic E-state index is 12.1. The summed E-state index contributed by atoms with van der Waals surface area (Å²) in [4.78, 5) is 24.1. The third kappa shape index (κ3) is 2.12. The lowest BCUT2D eigenvalue weighted by atomic mass is 10.1. The van der Waals surface area contributed by atoms with Crippen molar-refractivity contribution in [2.24, 2.45) is 5.10 Å². The molecule has 0 atom stereocenters. The van der Waals surface area contributed by atoms with Crippen molar-refractivity contribution in [3.8, 4) is 0 Å². The van der Waals surface area contributed by atoms with Crippen molar-refractivity contribution in [3.63, 3.8) is 0 Å². The van der Waals surface area contributed by atoms with Gasteiger partial charge in [-0.05, 0) is 11.5 Å². The second-order valence-corrected chi connectivity index (χ2v) is 5.30. The molecule has 0 amide bonds. The lowest BCUT2D eigenvalue weighted by Crippen LogP contribution is -2.31. The molecule has 0 aliphatic heterocycles. The number of nitrogens with zero attached hydrogens (tertiary/aromatic N) is 1. The fraction of sp³-hybridized carbons (Fsp3) is 0. The van der Waals surface area contributed by atoms with Gasteiger partial charge in [-0.3, -0.25) is 15.0 Å². The lowest BCUT2D eigenvalue weighted by Gasteiger charge is -2.04. The molecule has 4 aromatic rings. The highest BCUT2D eigenvalue weighted by atomic mass is 16.2. The van der Waals surface area contributed by atoms with Crippen molar-refractivity contribution in [1.82, 2.24) is 0 Å². The molecule has 1 N–H and O–H groups in total. The van der Waals surface area contributed by atoms with Crippen molar-refractivity contribution < 1.29 is 0 Å². The van der Waals surface area contributed by atoms with Gasteiger partial charge < -0.3 is 0 Å². The topological polar surface area (TPSA) is 58.5 Å². The second-order valence-electron chi connectivity index (χ2n) is 5.30. The van der Waals surface area contributed by atoms with Gasteiger partial charge >= 0.3 is 0 Å². The van der Waals surface area contributed by atoms with Crippen LogP contribution in [0, 0.1) is 0 Å². The first-order chi connectivity index (χ1) is 11.3. The Labute approximate surface area is 131 Å². The third-order valence-electron chi connectivity index (χ3n) is 3.93. The van der Waals surface area contributed by atoms with Crippen LogP contribution in [0.4, 0.5) is 5.69 Å². The summed E-state index contributed by atoms with van der Waals surface area (Å²) >= 11 is 0. The molecule has 4 heteroatoms. The van der Waals surface area contributed by atoms with Gasteiger partial charge in [0.2, 0.25) is 5.43 Å². The lowest BCUT2D eigenvalue weighted by molar-refractivity contribution is 1.23. The molecule has 4 aromatic carbocycles. The molecule has 23 heavy (non-hydrogen) atoms. The predicted octanol–water partition coefficient (Wildman–Crippen LogP) is 2.52. The first-order valence-corrected chi connectivity index (χ1v) is 7.25. The molecule has 0 radical (unpaired) electrons. The van der Waals surface area contributed by atoms with E-state index in [4.69, 9.17) is 0 Å². The summed E-state index contributed by atoms with van der Waals surface area (Å²) in [7, 11) is 0. The molecular weight excluding hydrogens is 288 g/mol. The SMILES string of the molecule is O=c1c(=O)c2ccccc2/c1=N\Nc1cccc2ccccc12. The number of nitrogens with one attached hydrogen (secondary N) is 1. The molecule has 4 rings (SSSR count). The van der Waals surface area contributed by atoms with Gasteiger partial charge in [0, 0.05) is 16.2 Å². The molecule has 0 saturated carbocycles. The summed E-state index contributed by atoms with van der Waals surface area (Å²) in [6, 6.07) is 20.6. The zero-order valence-electron chi connectivity index (χ0n) is 12.1. The number of rotatable bonds is 2. The van der Waals surface area contributed by atoms with Gasteiger partial charge in [-0.15, -0.1) is 0 Å². The Balaban J connectivity index is 1.91. The Hall–Kier alpha value is -3.27.